The van der Waals surface area contributed by atoms with Crippen LogP contribution in [0.15, 0.2) is 30.3 Å². The van der Waals surface area contributed by atoms with Gasteiger partial charge in [0.2, 0.25) is 5.91 Å². The normalized spacial score (nSPS) is 25.6. The van der Waals surface area contributed by atoms with Crippen LogP contribution in [-0.2, 0) is 15.6 Å². The van der Waals surface area contributed by atoms with Crippen LogP contribution in [-0.4, -0.2) is 15.9 Å². The molecule has 0 aliphatic heterocycles. The van der Waals surface area contributed by atoms with Crippen molar-refractivity contribution in [2.24, 2.45) is 5.41 Å². The number of aromatic nitrogens is 2. The zero-order chi connectivity index (χ0) is 22.3. The van der Waals surface area contributed by atoms with Gasteiger partial charge in [-0.05, 0) is 55.0 Å². The Morgan fingerprint density at radius 3 is 2.19 bits per heavy atom. The van der Waals surface area contributed by atoms with E-state index in [2.05, 4.69) is 26.1 Å². The standard InChI is InChI=1S/C24H22Cl3N3O/c1-12-13(25)6-5-7-16(12)30-21(31)24-9-8-23(4,22(24,2)3)19-20(24)29-18-11-15(27)14(26)10-17(18)28-19/h5-7,10-11H,8-9H2,1-4H3,(H,30,31). The van der Waals surface area contributed by atoms with E-state index >= 15 is 0 Å². The van der Waals surface area contributed by atoms with Crippen LogP contribution in [0.5, 0.6) is 0 Å². The molecule has 7 heteroatoms. The lowest BCUT2D eigenvalue weighted by Crippen LogP contribution is -2.48. The molecule has 1 N–H and O–H groups in total. The molecule has 160 valence electrons. The van der Waals surface area contributed by atoms with Gasteiger partial charge in [-0.2, -0.15) is 0 Å². The molecule has 4 nitrogen and oxygen atoms in total. The van der Waals surface area contributed by atoms with Gasteiger partial charge in [0.1, 0.15) is 0 Å². The van der Waals surface area contributed by atoms with Crippen molar-refractivity contribution in [1.82, 2.24) is 9.97 Å². The van der Waals surface area contributed by atoms with Crippen molar-refractivity contribution in [2.45, 2.75) is 51.4 Å². The van der Waals surface area contributed by atoms with Crippen LogP contribution in [0.3, 0.4) is 0 Å². The molecule has 1 aromatic heterocycles. The third-order valence-corrected chi connectivity index (χ3v) is 9.11. The summed E-state index contributed by atoms with van der Waals surface area (Å²) in [5.41, 5.74) is 3.05. The molecule has 2 atom stereocenters. The lowest BCUT2D eigenvalue weighted by Gasteiger charge is -2.39. The van der Waals surface area contributed by atoms with Crippen molar-refractivity contribution in [3.8, 4) is 0 Å². The van der Waals surface area contributed by atoms with Crippen molar-refractivity contribution < 1.29 is 4.79 Å². The molecule has 2 aliphatic rings. The van der Waals surface area contributed by atoms with Crippen LogP contribution in [0.25, 0.3) is 11.0 Å². The minimum atomic E-state index is -0.806. The van der Waals surface area contributed by atoms with Crippen molar-refractivity contribution in [3.05, 3.63) is 62.4 Å². The van der Waals surface area contributed by atoms with Gasteiger partial charge in [0.25, 0.3) is 0 Å². The van der Waals surface area contributed by atoms with Gasteiger partial charge in [-0.15, -0.1) is 0 Å². The second kappa shape index (κ2) is 6.57. The van der Waals surface area contributed by atoms with Gasteiger partial charge in [0, 0.05) is 16.1 Å². The van der Waals surface area contributed by atoms with Gasteiger partial charge < -0.3 is 5.32 Å². The summed E-state index contributed by atoms with van der Waals surface area (Å²) in [6.45, 7) is 8.40. The van der Waals surface area contributed by atoms with Crippen molar-refractivity contribution in [2.75, 3.05) is 5.32 Å². The van der Waals surface area contributed by atoms with Crippen LogP contribution in [0.2, 0.25) is 15.1 Å². The van der Waals surface area contributed by atoms with Crippen LogP contribution in [0.1, 0.15) is 50.6 Å². The number of nitrogens with one attached hydrogen (secondary N) is 1. The van der Waals surface area contributed by atoms with Crippen molar-refractivity contribution in [3.63, 3.8) is 0 Å². The van der Waals surface area contributed by atoms with E-state index in [1.54, 1.807) is 12.1 Å². The fraction of sp³-hybridized carbons (Fsp3) is 0.375. The molecular weight excluding hydrogens is 453 g/mol. The summed E-state index contributed by atoms with van der Waals surface area (Å²) < 4.78 is 0. The largest absolute Gasteiger partial charge is 0.325 e. The number of carbonyl (C=O) groups is 1. The van der Waals surface area contributed by atoms with Crippen molar-refractivity contribution >= 4 is 57.4 Å². The van der Waals surface area contributed by atoms with E-state index in [9.17, 15) is 4.79 Å². The number of anilines is 1. The van der Waals surface area contributed by atoms with Crippen molar-refractivity contribution in [1.29, 1.82) is 0 Å². The Balaban J connectivity index is 1.72. The van der Waals surface area contributed by atoms with E-state index in [4.69, 9.17) is 44.8 Å². The number of nitrogens with zero attached hydrogens (tertiary/aromatic N) is 2. The Bertz CT molecular complexity index is 1290. The highest BCUT2D eigenvalue weighted by molar-refractivity contribution is 6.42. The first-order chi connectivity index (χ1) is 14.5. The van der Waals surface area contributed by atoms with E-state index in [0.717, 1.165) is 23.4 Å². The number of benzene rings is 2. The Labute approximate surface area is 196 Å². The molecule has 1 amide bonds. The summed E-state index contributed by atoms with van der Waals surface area (Å²) in [5.74, 6) is -0.0703. The number of carbonyl (C=O) groups excluding carboxylic acids is 1. The van der Waals surface area contributed by atoms with Gasteiger partial charge in [-0.25, -0.2) is 9.97 Å². The minimum Gasteiger partial charge on any atom is -0.325 e. The maximum Gasteiger partial charge on any atom is 0.237 e. The monoisotopic (exact) mass is 473 g/mol. The third-order valence-electron chi connectivity index (χ3n) is 7.98. The predicted octanol–water partition coefficient (Wildman–Crippen LogP) is 6.87. The number of fused-ring (bicyclic) bond motifs is 6. The lowest BCUT2D eigenvalue weighted by molar-refractivity contribution is -0.125. The Morgan fingerprint density at radius 1 is 0.935 bits per heavy atom. The molecule has 3 aromatic rings. The third kappa shape index (κ3) is 2.53. The molecule has 31 heavy (non-hydrogen) atoms. The smallest absolute Gasteiger partial charge is 0.237 e. The molecule has 2 aromatic carbocycles. The molecule has 1 saturated carbocycles. The van der Waals surface area contributed by atoms with E-state index < -0.39 is 5.41 Å². The van der Waals surface area contributed by atoms with Gasteiger partial charge in [-0.1, -0.05) is 61.6 Å². The summed E-state index contributed by atoms with van der Waals surface area (Å²) in [6.07, 6.45) is 1.56. The van der Waals surface area contributed by atoms with Crippen LogP contribution in [0.4, 0.5) is 5.69 Å². The molecule has 0 spiro atoms. The molecule has 0 radical (unpaired) electrons. The summed E-state index contributed by atoms with van der Waals surface area (Å²) in [6, 6.07) is 9.00. The molecule has 2 aliphatic carbocycles. The fourth-order valence-electron chi connectivity index (χ4n) is 5.57. The Kier molecular flexibility index (Phi) is 4.45. The Hall–Kier alpha value is -1.88. The van der Waals surface area contributed by atoms with Crippen LogP contribution >= 0.6 is 34.8 Å². The summed E-state index contributed by atoms with van der Waals surface area (Å²) in [4.78, 5) is 23.9. The number of rotatable bonds is 2. The topological polar surface area (TPSA) is 54.9 Å². The van der Waals surface area contributed by atoms with Gasteiger partial charge in [0.15, 0.2) is 0 Å². The molecule has 5 rings (SSSR count). The Morgan fingerprint density at radius 2 is 1.55 bits per heavy atom. The number of hydrogen-bond acceptors (Lipinski definition) is 3. The van der Waals surface area contributed by atoms with Gasteiger partial charge in [0.05, 0.1) is 37.9 Å². The second-order valence-corrected chi connectivity index (χ2v) is 10.6. The highest BCUT2D eigenvalue weighted by Crippen LogP contribution is 2.70. The molecular formula is C24H22Cl3N3O. The van der Waals surface area contributed by atoms with Crippen LogP contribution < -0.4 is 5.32 Å². The van der Waals surface area contributed by atoms with Gasteiger partial charge >= 0.3 is 0 Å². The quantitative estimate of drug-likeness (QED) is 0.441. The van der Waals surface area contributed by atoms with E-state index in [0.29, 0.717) is 38.2 Å². The average Bonchev–Trinajstić information content (AvgIpc) is 3.00. The first kappa shape index (κ1) is 21.0. The lowest BCUT2D eigenvalue weighted by atomic mass is 9.63. The first-order valence-electron chi connectivity index (χ1n) is 10.3. The SMILES string of the molecule is Cc1c(Cl)cccc1NC(=O)C12CCC(C)(c3nc4cc(Cl)c(Cl)cc4nc31)C2(C)C. The highest BCUT2D eigenvalue weighted by Gasteiger charge is 2.73. The number of amides is 1. The maximum absolute atomic E-state index is 14.0. The minimum absolute atomic E-state index is 0.0703. The molecule has 2 unspecified atom stereocenters. The number of hydrogen-bond donors (Lipinski definition) is 1. The molecule has 1 heterocycles. The van der Waals surface area contributed by atoms with Gasteiger partial charge in [-0.3, -0.25) is 4.79 Å². The maximum atomic E-state index is 14.0. The van der Waals surface area contributed by atoms with E-state index in [-0.39, 0.29) is 16.7 Å². The predicted molar refractivity (Wildman–Crippen MR) is 126 cm³/mol. The van der Waals surface area contributed by atoms with E-state index in [1.165, 1.54) is 0 Å². The second-order valence-electron chi connectivity index (χ2n) is 9.40. The molecule has 0 saturated heterocycles. The summed E-state index contributed by atoms with van der Waals surface area (Å²) in [7, 11) is 0. The summed E-state index contributed by atoms with van der Waals surface area (Å²) >= 11 is 18.8. The zero-order valence-electron chi connectivity index (χ0n) is 17.7. The highest BCUT2D eigenvalue weighted by atomic mass is 35.5. The molecule has 2 bridgehead atoms. The van der Waals surface area contributed by atoms with Crippen LogP contribution in [0, 0.1) is 12.3 Å². The summed E-state index contributed by atoms with van der Waals surface area (Å²) in [5, 5.41) is 4.64. The number of halogens is 3. The fourth-order valence-corrected chi connectivity index (χ4v) is 6.06. The molecule has 1 fully saturated rings. The first-order valence-corrected chi connectivity index (χ1v) is 11.4. The average molecular weight is 475 g/mol. The van der Waals surface area contributed by atoms with E-state index in [1.807, 2.05) is 25.1 Å². The zero-order valence-corrected chi connectivity index (χ0v) is 20.0.